The molecule has 0 heterocycles. The third kappa shape index (κ3) is 7.21. The molecule has 0 saturated carbocycles. The van der Waals surface area contributed by atoms with Gasteiger partial charge < -0.3 is 10.1 Å². The van der Waals surface area contributed by atoms with Gasteiger partial charge in [-0.25, -0.2) is 13.1 Å². The van der Waals surface area contributed by atoms with Gasteiger partial charge in [0.25, 0.3) is 0 Å². The zero-order valence-electron chi connectivity index (χ0n) is 18.1. The van der Waals surface area contributed by atoms with Crippen LogP contribution in [0.5, 0.6) is 5.75 Å². The van der Waals surface area contributed by atoms with E-state index in [2.05, 4.69) is 28.8 Å². The van der Waals surface area contributed by atoms with Crippen molar-refractivity contribution in [3.05, 3.63) is 59.1 Å². The molecule has 0 fully saturated rings. The van der Waals surface area contributed by atoms with Gasteiger partial charge in [0.15, 0.2) is 0 Å². The summed E-state index contributed by atoms with van der Waals surface area (Å²) < 4.78 is 32.2. The Morgan fingerprint density at radius 3 is 2.32 bits per heavy atom. The number of likely N-dealkylation sites (N-methyl/N-ethyl adjacent to an activating group) is 1. The van der Waals surface area contributed by atoms with Gasteiger partial charge in [0.1, 0.15) is 5.75 Å². The van der Waals surface area contributed by atoms with Gasteiger partial charge in [0, 0.05) is 24.5 Å². The number of methoxy groups -OCH3 is 1. The summed E-state index contributed by atoms with van der Waals surface area (Å²) in [4.78, 5) is 14.7. The third-order valence-corrected chi connectivity index (χ3v) is 6.84. The fourth-order valence-electron chi connectivity index (χ4n) is 3.28. The molecule has 7 nitrogen and oxygen atoms in total. The second-order valence-electron chi connectivity index (χ2n) is 6.89. The highest BCUT2D eigenvalue weighted by molar-refractivity contribution is 7.89. The van der Waals surface area contributed by atoms with Gasteiger partial charge in [-0.2, -0.15) is 0 Å². The second-order valence-corrected chi connectivity index (χ2v) is 9.06. The number of nitrogens with zero attached hydrogens (tertiary/aromatic N) is 1. The first-order valence-corrected chi connectivity index (χ1v) is 12.1. The van der Waals surface area contributed by atoms with Gasteiger partial charge in [0.05, 0.1) is 18.0 Å². The Kier molecular flexibility index (Phi) is 9.77. The minimum absolute atomic E-state index is 0.00221. The molecule has 2 aromatic rings. The van der Waals surface area contributed by atoms with E-state index in [1.165, 1.54) is 19.2 Å². The van der Waals surface area contributed by atoms with Gasteiger partial charge in [-0.15, -0.1) is 0 Å². The lowest BCUT2D eigenvalue weighted by Crippen LogP contribution is -2.39. The van der Waals surface area contributed by atoms with Crippen molar-refractivity contribution in [1.29, 1.82) is 0 Å². The molecule has 2 rings (SSSR count). The number of ether oxygens (including phenoxy) is 1. The smallest absolute Gasteiger partial charge is 0.240 e. The summed E-state index contributed by atoms with van der Waals surface area (Å²) in [5.41, 5.74) is 0.952. The Bertz CT molecular complexity index is 947. The first-order valence-electron chi connectivity index (χ1n) is 10.2. The average molecular weight is 468 g/mol. The highest BCUT2D eigenvalue weighted by atomic mass is 35.5. The summed E-state index contributed by atoms with van der Waals surface area (Å²) in [5.74, 6) is 0.334. The number of sulfonamides is 1. The zero-order chi connectivity index (χ0) is 22.9. The molecule has 31 heavy (non-hydrogen) atoms. The van der Waals surface area contributed by atoms with Gasteiger partial charge in [-0.3, -0.25) is 9.69 Å². The molecule has 0 aliphatic rings. The van der Waals surface area contributed by atoms with Crippen LogP contribution < -0.4 is 14.8 Å². The Morgan fingerprint density at radius 1 is 1.10 bits per heavy atom. The summed E-state index contributed by atoms with van der Waals surface area (Å²) in [7, 11) is -2.18. The van der Waals surface area contributed by atoms with Crippen LogP contribution in [0, 0.1) is 0 Å². The number of rotatable bonds is 12. The minimum Gasteiger partial charge on any atom is -0.497 e. The molecule has 1 unspecified atom stereocenters. The number of amides is 1. The molecule has 170 valence electrons. The molecule has 0 bridgehead atoms. The lowest BCUT2D eigenvalue weighted by molar-refractivity contribution is -0.121. The van der Waals surface area contributed by atoms with Crippen molar-refractivity contribution in [1.82, 2.24) is 14.9 Å². The predicted molar refractivity (Wildman–Crippen MR) is 123 cm³/mol. The molecule has 2 aromatic carbocycles. The maximum absolute atomic E-state index is 12.4. The molecule has 1 amide bonds. The molecule has 0 aromatic heterocycles. The largest absolute Gasteiger partial charge is 0.497 e. The van der Waals surface area contributed by atoms with Crippen molar-refractivity contribution in [2.75, 3.05) is 33.3 Å². The van der Waals surface area contributed by atoms with Crippen LogP contribution >= 0.6 is 11.6 Å². The highest BCUT2D eigenvalue weighted by Gasteiger charge is 2.21. The molecule has 0 radical (unpaired) electrons. The molecule has 0 aliphatic heterocycles. The summed E-state index contributed by atoms with van der Waals surface area (Å²) in [5, 5.41) is 3.56. The number of hydrogen-bond acceptors (Lipinski definition) is 5. The van der Waals surface area contributed by atoms with Crippen molar-refractivity contribution in [3.8, 4) is 5.75 Å². The molecule has 1 atom stereocenters. The molecule has 0 aliphatic carbocycles. The summed E-state index contributed by atoms with van der Waals surface area (Å²) in [6.45, 7) is 6.12. The van der Waals surface area contributed by atoms with E-state index in [0.717, 1.165) is 18.7 Å². The van der Waals surface area contributed by atoms with Crippen LogP contribution in [0.1, 0.15) is 31.9 Å². The Morgan fingerprint density at radius 2 is 1.74 bits per heavy atom. The number of halogens is 1. The molecular formula is C22H30ClN3O4S. The van der Waals surface area contributed by atoms with Crippen molar-refractivity contribution in [2.45, 2.75) is 31.2 Å². The molecule has 2 N–H and O–H groups in total. The van der Waals surface area contributed by atoms with Gasteiger partial charge >= 0.3 is 0 Å². The lowest BCUT2D eigenvalue weighted by Gasteiger charge is -2.31. The van der Waals surface area contributed by atoms with Crippen LogP contribution in [0.15, 0.2) is 53.4 Å². The predicted octanol–water partition coefficient (Wildman–Crippen LogP) is 3.22. The van der Waals surface area contributed by atoms with E-state index >= 15 is 0 Å². The fourth-order valence-corrected chi connectivity index (χ4v) is 4.58. The number of nitrogens with one attached hydrogen (secondary N) is 2. The monoisotopic (exact) mass is 467 g/mol. The lowest BCUT2D eigenvalue weighted by atomic mass is 10.0. The third-order valence-electron chi connectivity index (χ3n) is 5.02. The van der Waals surface area contributed by atoms with Crippen molar-refractivity contribution >= 4 is 27.5 Å². The number of carbonyl (C=O) groups is 1. The number of hydrogen-bond donors (Lipinski definition) is 2. The SMILES string of the molecule is CCN(CC)C(CNC(=O)CCNS(=O)(=O)c1ccc(OC)cc1)c1ccccc1Cl. The maximum atomic E-state index is 12.4. The number of benzene rings is 2. The fraction of sp³-hybridized carbons (Fsp3) is 0.409. The molecule has 9 heteroatoms. The standard InChI is InChI=1S/C22H30ClN3O4S/c1-4-26(5-2)21(19-8-6-7-9-20(19)23)16-24-22(27)14-15-25-31(28,29)18-12-10-17(30-3)11-13-18/h6-13,21,25H,4-5,14-16H2,1-3H3,(H,24,27). The van der Waals surface area contributed by atoms with Crippen LogP contribution in [-0.2, 0) is 14.8 Å². The normalized spacial score (nSPS) is 12.5. The van der Waals surface area contributed by atoms with Gasteiger partial charge in [-0.05, 0) is 49.0 Å². The van der Waals surface area contributed by atoms with E-state index < -0.39 is 10.0 Å². The summed E-state index contributed by atoms with van der Waals surface area (Å²) in [6, 6.07) is 13.6. The minimum atomic E-state index is -3.69. The zero-order valence-corrected chi connectivity index (χ0v) is 19.7. The quantitative estimate of drug-likeness (QED) is 0.500. The first kappa shape index (κ1) is 25.1. The molecular weight excluding hydrogens is 438 g/mol. The second kappa shape index (κ2) is 12.0. The van der Waals surface area contributed by atoms with Crippen LogP contribution in [0.3, 0.4) is 0 Å². The van der Waals surface area contributed by atoms with E-state index in [1.54, 1.807) is 12.1 Å². The van der Waals surface area contributed by atoms with Crippen molar-refractivity contribution < 1.29 is 17.9 Å². The molecule has 0 spiro atoms. The average Bonchev–Trinajstić information content (AvgIpc) is 2.77. The topological polar surface area (TPSA) is 87.7 Å². The Labute approximate surface area is 189 Å². The summed E-state index contributed by atoms with van der Waals surface area (Å²) >= 11 is 6.38. The van der Waals surface area contributed by atoms with Gasteiger partial charge in [0.2, 0.25) is 15.9 Å². The van der Waals surface area contributed by atoms with E-state index in [0.29, 0.717) is 17.3 Å². The Hall–Kier alpha value is -2.13. The Balaban J connectivity index is 1.92. The van der Waals surface area contributed by atoms with E-state index in [1.807, 2.05) is 24.3 Å². The van der Waals surface area contributed by atoms with Gasteiger partial charge in [-0.1, -0.05) is 43.6 Å². The maximum Gasteiger partial charge on any atom is 0.240 e. The van der Waals surface area contributed by atoms with E-state index in [9.17, 15) is 13.2 Å². The first-order chi connectivity index (χ1) is 14.8. The van der Waals surface area contributed by atoms with E-state index in [-0.39, 0.29) is 29.8 Å². The summed E-state index contributed by atoms with van der Waals surface area (Å²) in [6.07, 6.45) is 0.0306. The van der Waals surface area contributed by atoms with Crippen LogP contribution in [0.2, 0.25) is 5.02 Å². The van der Waals surface area contributed by atoms with E-state index in [4.69, 9.17) is 16.3 Å². The van der Waals surface area contributed by atoms with Crippen LogP contribution in [-0.4, -0.2) is 52.5 Å². The number of carbonyl (C=O) groups excluding carboxylic acids is 1. The molecule has 0 saturated heterocycles. The highest BCUT2D eigenvalue weighted by Crippen LogP contribution is 2.27. The van der Waals surface area contributed by atoms with Crippen molar-refractivity contribution in [2.24, 2.45) is 0 Å². The van der Waals surface area contributed by atoms with Crippen LogP contribution in [0.4, 0.5) is 0 Å². The van der Waals surface area contributed by atoms with Crippen molar-refractivity contribution in [3.63, 3.8) is 0 Å². The van der Waals surface area contributed by atoms with Crippen LogP contribution in [0.25, 0.3) is 0 Å².